The fraction of sp³-hybridized carbons (Fsp3) is 0.0357. The fourth-order valence-corrected chi connectivity index (χ4v) is 11.9. The van der Waals surface area contributed by atoms with Gasteiger partial charge in [0.25, 0.3) is 0 Å². The first-order valence-electron chi connectivity index (χ1n) is 20.2. The molecule has 1 spiro atoms. The molecular formula is C56H35NS. The summed E-state index contributed by atoms with van der Waals surface area (Å²) in [4.78, 5) is 2.44. The van der Waals surface area contributed by atoms with Crippen LogP contribution >= 0.6 is 11.3 Å². The van der Waals surface area contributed by atoms with Crippen LogP contribution in [-0.2, 0) is 5.41 Å². The van der Waals surface area contributed by atoms with Crippen molar-refractivity contribution in [2.45, 2.75) is 11.8 Å². The third-order valence-electron chi connectivity index (χ3n) is 13.1. The van der Waals surface area contributed by atoms with Crippen molar-refractivity contribution < 1.29 is 0 Å². The van der Waals surface area contributed by atoms with Gasteiger partial charge in [0, 0.05) is 37.1 Å². The van der Waals surface area contributed by atoms with Crippen LogP contribution in [0.25, 0.3) is 64.7 Å². The summed E-state index contributed by atoms with van der Waals surface area (Å²) in [7, 11) is 0. The highest BCUT2D eigenvalue weighted by Crippen LogP contribution is 2.70. The molecule has 0 radical (unpaired) electrons. The van der Waals surface area contributed by atoms with Crippen LogP contribution in [0.2, 0.25) is 0 Å². The largest absolute Gasteiger partial charge is 0.310 e. The van der Waals surface area contributed by atoms with Gasteiger partial charge >= 0.3 is 0 Å². The van der Waals surface area contributed by atoms with Gasteiger partial charge in [-0.25, -0.2) is 0 Å². The molecule has 1 nitrogen and oxygen atoms in total. The van der Waals surface area contributed by atoms with Crippen LogP contribution in [-0.4, -0.2) is 0 Å². The first-order chi connectivity index (χ1) is 28.8. The molecule has 1 aromatic heterocycles. The highest BCUT2D eigenvalue weighted by atomic mass is 32.1. The van der Waals surface area contributed by atoms with Gasteiger partial charge < -0.3 is 4.90 Å². The summed E-state index contributed by atoms with van der Waals surface area (Å²) in [5.41, 5.74) is 22.2. The molecule has 0 amide bonds. The predicted molar refractivity (Wildman–Crippen MR) is 245 cm³/mol. The van der Waals surface area contributed by atoms with E-state index in [4.69, 9.17) is 0 Å². The lowest BCUT2D eigenvalue weighted by molar-refractivity contribution is 0.812. The highest BCUT2D eigenvalue weighted by Gasteiger charge is 2.58. The minimum absolute atomic E-state index is 0.288. The summed E-state index contributed by atoms with van der Waals surface area (Å²) in [6.45, 7) is 0. The lowest BCUT2D eigenvalue weighted by atomic mass is 9.72. The van der Waals surface area contributed by atoms with Gasteiger partial charge in [0.15, 0.2) is 0 Å². The van der Waals surface area contributed by atoms with Crippen LogP contribution in [0.15, 0.2) is 206 Å². The maximum atomic E-state index is 2.51. The molecule has 0 fully saturated rings. The second-order valence-electron chi connectivity index (χ2n) is 15.9. The fourth-order valence-electron chi connectivity index (χ4n) is 10.8. The second-order valence-corrected chi connectivity index (χ2v) is 17.0. The number of para-hydroxylation sites is 1. The van der Waals surface area contributed by atoms with Gasteiger partial charge in [-0.15, -0.1) is 11.3 Å². The molecule has 13 rings (SSSR count). The average Bonchev–Trinajstić information content (AvgIpc) is 3.92. The molecule has 8 aromatic carbocycles. The van der Waals surface area contributed by atoms with E-state index in [9.17, 15) is 0 Å². The molecular weight excluding hydrogens is 719 g/mol. The molecule has 0 N–H and O–H groups in total. The maximum Gasteiger partial charge on any atom is 0.0734 e. The Balaban J connectivity index is 0.975. The summed E-state index contributed by atoms with van der Waals surface area (Å²) in [6.07, 6.45) is 7.92. The van der Waals surface area contributed by atoms with E-state index in [1.807, 2.05) is 11.3 Å². The van der Waals surface area contributed by atoms with Crippen molar-refractivity contribution in [2.24, 2.45) is 0 Å². The molecule has 0 bridgehead atoms. The number of fused-ring (bicyclic) bond motifs is 8. The van der Waals surface area contributed by atoms with E-state index >= 15 is 0 Å². The summed E-state index contributed by atoms with van der Waals surface area (Å²) < 4.78 is 2.62. The molecule has 0 saturated heterocycles. The normalized spacial score (nSPS) is 16.6. The molecule has 0 aliphatic heterocycles. The first kappa shape index (κ1) is 32.1. The summed E-state index contributed by atoms with van der Waals surface area (Å²) >= 11 is 1.86. The van der Waals surface area contributed by atoms with Crippen LogP contribution in [0.1, 0.15) is 34.2 Å². The lowest BCUT2D eigenvalue weighted by Gasteiger charge is -2.29. The summed E-state index contributed by atoms with van der Waals surface area (Å²) in [6, 6.07) is 68.0. The molecule has 1 heterocycles. The van der Waals surface area contributed by atoms with E-state index < -0.39 is 0 Å². The average molecular weight is 754 g/mol. The molecule has 4 aliphatic rings. The Labute approximate surface area is 341 Å². The number of benzene rings is 8. The summed E-state index contributed by atoms with van der Waals surface area (Å²) in [5, 5.41) is 2.60. The number of rotatable bonds is 5. The van der Waals surface area contributed by atoms with Gasteiger partial charge in [-0.3, -0.25) is 0 Å². The summed E-state index contributed by atoms with van der Waals surface area (Å²) in [5.74, 6) is 0. The smallest absolute Gasteiger partial charge is 0.0734 e. The Hall–Kier alpha value is -7.00. The zero-order valence-electron chi connectivity index (χ0n) is 31.6. The maximum absolute atomic E-state index is 2.51. The van der Waals surface area contributed by atoms with Crippen LogP contribution in [0.3, 0.4) is 0 Å². The first-order valence-corrected chi connectivity index (χ1v) is 21.0. The number of hydrogen-bond acceptors (Lipinski definition) is 2. The molecule has 58 heavy (non-hydrogen) atoms. The Kier molecular flexibility index (Phi) is 6.65. The third-order valence-corrected chi connectivity index (χ3v) is 14.2. The molecule has 1 unspecified atom stereocenters. The third kappa shape index (κ3) is 4.25. The van der Waals surface area contributed by atoms with Gasteiger partial charge in [-0.1, -0.05) is 152 Å². The Morgan fingerprint density at radius 2 is 1.19 bits per heavy atom. The van der Waals surface area contributed by atoms with Gasteiger partial charge in [0.2, 0.25) is 0 Å². The van der Waals surface area contributed by atoms with Crippen molar-refractivity contribution in [1.82, 2.24) is 0 Å². The molecule has 270 valence electrons. The minimum Gasteiger partial charge on any atom is -0.310 e. The quantitative estimate of drug-likeness (QED) is 0.169. The molecule has 4 aliphatic carbocycles. The SMILES string of the molecule is C1=CCC2=C3C(=C1)c1cccc4c1C3(c1ccccc12)c1cc(-c2ccc(N(c3ccc5sc6ccccc6c5c3)c3ccccc3-c3ccccc3)cc2)ccc1-4. The molecule has 1 atom stereocenters. The van der Waals surface area contributed by atoms with Crippen LogP contribution in [0.5, 0.6) is 0 Å². The van der Waals surface area contributed by atoms with E-state index in [1.165, 1.54) is 98.1 Å². The number of nitrogens with zero attached hydrogens (tertiary/aromatic N) is 1. The lowest BCUT2D eigenvalue weighted by Crippen LogP contribution is -2.24. The van der Waals surface area contributed by atoms with Gasteiger partial charge in [-0.2, -0.15) is 0 Å². The molecule has 9 aromatic rings. The molecule has 0 saturated carbocycles. The Bertz CT molecular complexity index is 3300. The van der Waals surface area contributed by atoms with Crippen molar-refractivity contribution in [3.63, 3.8) is 0 Å². The monoisotopic (exact) mass is 753 g/mol. The highest BCUT2D eigenvalue weighted by molar-refractivity contribution is 7.25. The van der Waals surface area contributed by atoms with Gasteiger partial charge in [0.05, 0.1) is 11.1 Å². The van der Waals surface area contributed by atoms with Crippen molar-refractivity contribution in [3.8, 4) is 33.4 Å². The standard InChI is InChI=1S/C56H35NS/c1-2-13-36(14-3-1)40-15-7-10-23-51(40)57(39-30-32-53-48(34-39)43-17-8-11-24-52(43)58-53)38-28-25-35(26-29-38)37-27-31-42-45-20-12-21-47-46-19-5-4-18-44-41-16-6-9-22-49(41)56(54(44)46,55(45)47)50(42)33-37/h1-17,19-34H,18H2. The minimum atomic E-state index is -0.288. The van der Waals surface area contributed by atoms with Crippen molar-refractivity contribution in [3.05, 3.63) is 234 Å². The van der Waals surface area contributed by atoms with Crippen LogP contribution in [0, 0.1) is 0 Å². The van der Waals surface area contributed by atoms with E-state index in [-0.39, 0.29) is 5.41 Å². The zero-order chi connectivity index (χ0) is 38.0. The number of allylic oxidation sites excluding steroid dienone is 6. The van der Waals surface area contributed by atoms with Gasteiger partial charge in [-0.05, 0) is 127 Å². The zero-order valence-corrected chi connectivity index (χ0v) is 32.4. The van der Waals surface area contributed by atoms with E-state index in [1.54, 1.807) is 0 Å². The van der Waals surface area contributed by atoms with Crippen LogP contribution < -0.4 is 4.90 Å². The topological polar surface area (TPSA) is 3.24 Å². The van der Waals surface area contributed by atoms with E-state index in [0.717, 1.165) is 23.5 Å². The Morgan fingerprint density at radius 3 is 2.10 bits per heavy atom. The predicted octanol–water partition coefficient (Wildman–Crippen LogP) is 15.3. The van der Waals surface area contributed by atoms with Crippen LogP contribution in [0.4, 0.5) is 17.1 Å². The number of anilines is 3. The number of thiophene rings is 1. The van der Waals surface area contributed by atoms with Crippen molar-refractivity contribution in [1.29, 1.82) is 0 Å². The van der Waals surface area contributed by atoms with Crippen molar-refractivity contribution in [2.75, 3.05) is 4.90 Å². The number of hydrogen-bond donors (Lipinski definition) is 0. The van der Waals surface area contributed by atoms with Gasteiger partial charge in [0.1, 0.15) is 0 Å². The van der Waals surface area contributed by atoms with Crippen molar-refractivity contribution >= 4 is 59.7 Å². The van der Waals surface area contributed by atoms with E-state index in [2.05, 4.69) is 205 Å². The Morgan fingerprint density at radius 1 is 0.466 bits per heavy atom. The van der Waals surface area contributed by atoms with E-state index in [0.29, 0.717) is 0 Å². The molecule has 2 heteroatoms. The second kappa shape index (κ2) is 12.0.